The van der Waals surface area contributed by atoms with Crippen molar-refractivity contribution in [2.24, 2.45) is 0 Å². The van der Waals surface area contributed by atoms with E-state index in [0.717, 1.165) is 22.3 Å². The first-order valence-corrected chi connectivity index (χ1v) is 11.2. The molecule has 3 aromatic rings. The van der Waals surface area contributed by atoms with Crippen LogP contribution in [0.15, 0.2) is 66.7 Å². The molecule has 0 unspecified atom stereocenters. The van der Waals surface area contributed by atoms with Gasteiger partial charge in [-0.3, -0.25) is 4.79 Å². The van der Waals surface area contributed by atoms with Crippen molar-refractivity contribution in [2.75, 3.05) is 18.5 Å². The summed E-state index contributed by atoms with van der Waals surface area (Å²) in [6, 6.07) is 20.3. The summed E-state index contributed by atoms with van der Waals surface area (Å²) in [5.74, 6) is -1.46. The zero-order chi connectivity index (χ0) is 24.1. The highest BCUT2D eigenvalue weighted by molar-refractivity contribution is 6.31. The molecule has 174 valence electrons. The van der Waals surface area contributed by atoms with Crippen LogP contribution in [0.25, 0.3) is 11.1 Å². The Bertz CT molecular complexity index is 1200. The Morgan fingerprint density at radius 2 is 1.59 bits per heavy atom. The number of aromatic carboxylic acids is 1. The maximum atomic E-state index is 12.2. The highest BCUT2D eigenvalue weighted by Crippen LogP contribution is 2.44. The molecule has 1 aliphatic rings. The second-order valence-electron chi connectivity index (χ2n) is 7.94. The summed E-state index contributed by atoms with van der Waals surface area (Å²) in [5, 5.41) is 14.6. The first-order chi connectivity index (χ1) is 16.4. The predicted molar refractivity (Wildman–Crippen MR) is 129 cm³/mol. The number of halogens is 1. The normalized spacial score (nSPS) is 11.9. The van der Waals surface area contributed by atoms with E-state index in [9.17, 15) is 14.4 Å². The van der Waals surface area contributed by atoms with Crippen molar-refractivity contribution < 1.29 is 24.2 Å². The highest BCUT2D eigenvalue weighted by Gasteiger charge is 2.28. The van der Waals surface area contributed by atoms with Gasteiger partial charge in [-0.25, -0.2) is 9.59 Å². The number of fused-ring (bicyclic) bond motifs is 3. The number of anilines is 1. The predicted octanol–water partition coefficient (Wildman–Crippen LogP) is 5.30. The summed E-state index contributed by atoms with van der Waals surface area (Å²) in [5.41, 5.74) is 4.89. The number of nitrogens with one attached hydrogen (secondary N) is 2. The van der Waals surface area contributed by atoms with Crippen LogP contribution in [0.1, 0.15) is 40.2 Å². The van der Waals surface area contributed by atoms with E-state index in [1.54, 1.807) is 0 Å². The van der Waals surface area contributed by atoms with Gasteiger partial charge in [-0.15, -0.1) is 0 Å². The van der Waals surface area contributed by atoms with Crippen LogP contribution in [-0.2, 0) is 9.53 Å². The number of carbonyl (C=O) groups is 3. The molecule has 34 heavy (non-hydrogen) atoms. The maximum absolute atomic E-state index is 12.2. The fourth-order valence-corrected chi connectivity index (χ4v) is 4.33. The molecule has 0 saturated carbocycles. The van der Waals surface area contributed by atoms with Gasteiger partial charge < -0.3 is 20.5 Å². The van der Waals surface area contributed by atoms with Crippen LogP contribution in [-0.4, -0.2) is 36.2 Å². The third-order valence-electron chi connectivity index (χ3n) is 5.62. The van der Waals surface area contributed by atoms with E-state index in [4.69, 9.17) is 21.4 Å². The number of hydrogen-bond acceptors (Lipinski definition) is 4. The zero-order valence-electron chi connectivity index (χ0n) is 18.2. The van der Waals surface area contributed by atoms with Gasteiger partial charge in [-0.2, -0.15) is 0 Å². The fourth-order valence-electron chi connectivity index (χ4n) is 4.10. The van der Waals surface area contributed by atoms with Gasteiger partial charge in [-0.05, 0) is 46.9 Å². The summed E-state index contributed by atoms with van der Waals surface area (Å²) < 4.78 is 5.47. The molecule has 0 radical (unpaired) electrons. The van der Waals surface area contributed by atoms with Gasteiger partial charge in [0, 0.05) is 29.6 Å². The maximum Gasteiger partial charge on any atom is 0.407 e. The highest BCUT2D eigenvalue weighted by atomic mass is 35.5. The standard InChI is InChI=1S/C26H23ClN2O5/c27-17-12-16(25(31)32)13-18(14-17)29-24(30)10-5-11-28-26(33)34-15-23-21-8-3-1-6-19(21)20-7-2-4-9-22(20)23/h1-4,6-9,12-14,23H,5,10-11,15H2,(H,28,33)(H,29,30)(H,31,32). The van der Waals surface area contributed by atoms with Crippen LogP contribution in [0.4, 0.5) is 10.5 Å². The Morgan fingerprint density at radius 1 is 0.941 bits per heavy atom. The molecule has 0 saturated heterocycles. The third kappa shape index (κ3) is 5.38. The van der Waals surface area contributed by atoms with Gasteiger partial charge in [0.1, 0.15) is 6.61 Å². The number of alkyl carbamates (subject to hydrolysis) is 1. The second kappa shape index (κ2) is 10.4. The van der Waals surface area contributed by atoms with Crippen molar-refractivity contribution in [2.45, 2.75) is 18.8 Å². The van der Waals surface area contributed by atoms with E-state index < -0.39 is 12.1 Å². The first kappa shape index (κ1) is 23.3. The largest absolute Gasteiger partial charge is 0.478 e. The smallest absolute Gasteiger partial charge is 0.407 e. The van der Waals surface area contributed by atoms with E-state index in [1.165, 1.54) is 18.2 Å². The first-order valence-electron chi connectivity index (χ1n) is 10.8. The lowest BCUT2D eigenvalue weighted by Crippen LogP contribution is -2.27. The van der Waals surface area contributed by atoms with Crippen LogP contribution in [0.2, 0.25) is 5.02 Å². The number of carboxylic acids is 1. The molecule has 7 nitrogen and oxygen atoms in total. The molecule has 4 rings (SSSR count). The molecular weight excluding hydrogens is 456 g/mol. The average Bonchev–Trinajstić information content (AvgIpc) is 3.14. The van der Waals surface area contributed by atoms with Gasteiger partial charge in [0.2, 0.25) is 5.91 Å². The Balaban J connectivity index is 1.22. The SMILES string of the molecule is O=C(CCCNC(=O)OCC1c2ccccc2-c2ccccc21)Nc1cc(Cl)cc(C(=O)O)c1. The van der Waals surface area contributed by atoms with E-state index in [-0.39, 0.29) is 42.0 Å². The van der Waals surface area contributed by atoms with Gasteiger partial charge in [0.15, 0.2) is 0 Å². The monoisotopic (exact) mass is 478 g/mol. The molecule has 0 bridgehead atoms. The van der Waals surface area contributed by atoms with E-state index in [2.05, 4.69) is 34.9 Å². The Morgan fingerprint density at radius 3 is 2.24 bits per heavy atom. The number of hydrogen-bond donors (Lipinski definition) is 3. The Hall–Kier alpha value is -3.84. The van der Waals surface area contributed by atoms with Crippen LogP contribution in [0, 0.1) is 0 Å². The molecule has 0 aromatic heterocycles. The van der Waals surface area contributed by atoms with Crippen molar-refractivity contribution in [3.63, 3.8) is 0 Å². The van der Waals surface area contributed by atoms with Gasteiger partial charge in [0.25, 0.3) is 0 Å². The number of rotatable bonds is 8. The second-order valence-corrected chi connectivity index (χ2v) is 8.37. The molecule has 1 aliphatic carbocycles. The van der Waals surface area contributed by atoms with Gasteiger partial charge in [-0.1, -0.05) is 60.1 Å². The summed E-state index contributed by atoms with van der Waals surface area (Å²) in [6.07, 6.45) is -0.00997. The molecule has 0 aliphatic heterocycles. The number of carbonyl (C=O) groups excluding carboxylic acids is 2. The molecule has 0 spiro atoms. The van der Waals surface area contributed by atoms with E-state index >= 15 is 0 Å². The third-order valence-corrected chi connectivity index (χ3v) is 5.84. The number of benzene rings is 3. The molecule has 2 amide bonds. The minimum absolute atomic E-state index is 0.0141. The zero-order valence-corrected chi connectivity index (χ0v) is 19.0. The quantitative estimate of drug-likeness (QED) is 0.381. The summed E-state index contributed by atoms with van der Waals surface area (Å²) in [6.45, 7) is 0.487. The van der Waals surface area contributed by atoms with Crippen molar-refractivity contribution >= 4 is 35.3 Å². The van der Waals surface area contributed by atoms with Crippen LogP contribution in [0.5, 0.6) is 0 Å². The summed E-state index contributed by atoms with van der Waals surface area (Å²) >= 11 is 5.90. The molecule has 3 aromatic carbocycles. The van der Waals surface area contributed by atoms with E-state index in [1.807, 2.05) is 24.3 Å². The Kier molecular flexibility index (Phi) is 7.13. The lowest BCUT2D eigenvalue weighted by molar-refractivity contribution is -0.116. The number of ether oxygens (including phenoxy) is 1. The molecule has 0 heterocycles. The van der Waals surface area contributed by atoms with Crippen LogP contribution >= 0.6 is 11.6 Å². The lowest BCUT2D eigenvalue weighted by Gasteiger charge is -2.14. The Labute approximate surface area is 201 Å². The van der Waals surface area contributed by atoms with Crippen molar-refractivity contribution in [1.82, 2.24) is 5.32 Å². The summed E-state index contributed by atoms with van der Waals surface area (Å²) in [7, 11) is 0. The molecule has 8 heteroatoms. The molecule has 0 atom stereocenters. The average molecular weight is 479 g/mol. The lowest BCUT2D eigenvalue weighted by atomic mass is 9.98. The topological polar surface area (TPSA) is 105 Å². The summed E-state index contributed by atoms with van der Waals surface area (Å²) in [4.78, 5) is 35.4. The van der Waals surface area contributed by atoms with Crippen LogP contribution < -0.4 is 10.6 Å². The van der Waals surface area contributed by atoms with Gasteiger partial charge >= 0.3 is 12.1 Å². The molecule has 0 fully saturated rings. The molecular formula is C26H23ClN2O5. The fraction of sp³-hybridized carbons (Fsp3) is 0.192. The molecule has 3 N–H and O–H groups in total. The van der Waals surface area contributed by atoms with Crippen molar-refractivity contribution in [1.29, 1.82) is 0 Å². The van der Waals surface area contributed by atoms with E-state index in [0.29, 0.717) is 12.1 Å². The number of amides is 2. The van der Waals surface area contributed by atoms with Crippen molar-refractivity contribution in [3.8, 4) is 11.1 Å². The minimum Gasteiger partial charge on any atom is -0.478 e. The minimum atomic E-state index is -1.13. The van der Waals surface area contributed by atoms with Crippen LogP contribution in [0.3, 0.4) is 0 Å². The van der Waals surface area contributed by atoms with Gasteiger partial charge in [0.05, 0.1) is 5.56 Å². The number of carboxylic acid groups (broad SMARTS) is 1. The van der Waals surface area contributed by atoms with Crippen molar-refractivity contribution in [3.05, 3.63) is 88.4 Å².